The molecule has 0 amide bonds. The topological polar surface area (TPSA) is 9.23 Å². The molecule has 0 saturated carbocycles. The van der Waals surface area contributed by atoms with Gasteiger partial charge in [-0.2, -0.15) is 4.39 Å². The van der Waals surface area contributed by atoms with Gasteiger partial charge in [-0.1, -0.05) is 49.7 Å². The van der Waals surface area contributed by atoms with Gasteiger partial charge in [0, 0.05) is 5.56 Å². The van der Waals surface area contributed by atoms with Crippen molar-refractivity contribution < 1.29 is 17.9 Å². The normalized spacial score (nSPS) is 10.9. The number of benzene rings is 3. The quantitative estimate of drug-likeness (QED) is 0.464. The minimum absolute atomic E-state index is 0.0991. The van der Waals surface area contributed by atoms with Crippen LogP contribution < -0.4 is 4.74 Å². The van der Waals surface area contributed by atoms with Crippen molar-refractivity contribution in [1.82, 2.24) is 0 Å². The standard InChI is InChI=1S/C23H21F3O/c1-3-5-17-10-11-18(14-20(17)24)15-6-8-16(9-7-15)19-12-13-21(27-4-2)23(26)22(19)25/h6-14H,3-5H2,1-2H3. The molecule has 0 atom stereocenters. The fraction of sp³-hybridized carbons (Fsp3) is 0.217. The Bertz CT molecular complexity index is 933. The fourth-order valence-corrected chi connectivity index (χ4v) is 3.06. The summed E-state index contributed by atoms with van der Waals surface area (Å²) in [5.74, 6) is -2.26. The van der Waals surface area contributed by atoms with E-state index in [9.17, 15) is 13.2 Å². The molecule has 27 heavy (non-hydrogen) atoms. The van der Waals surface area contributed by atoms with Gasteiger partial charge < -0.3 is 4.74 Å². The molecule has 1 nitrogen and oxygen atoms in total. The maximum Gasteiger partial charge on any atom is 0.201 e. The third kappa shape index (κ3) is 4.00. The summed E-state index contributed by atoms with van der Waals surface area (Å²) in [5, 5.41) is 0. The first-order valence-corrected chi connectivity index (χ1v) is 9.05. The van der Waals surface area contributed by atoms with Crippen LogP contribution in [0.15, 0.2) is 54.6 Å². The van der Waals surface area contributed by atoms with Crippen LogP contribution in [0.4, 0.5) is 13.2 Å². The number of hydrogen-bond acceptors (Lipinski definition) is 1. The Morgan fingerprint density at radius 2 is 1.41 bits per heavy atom. The highest BCUT2D eigenvalue weighted by Crippen LogP contribution is 2.31. The van der Waals surface area contributed by atoms with Gasteiger partial charge in [-0.05, 0) is 53.8 Å². The predicted molar refractivity (Wildman–Crippen MR) is 102 cm³/mol. The second kappa shape index (κ2) is 8.30. The lowest BCUT2D eigenvalue weighted by Gasteiger charge is -2.10. The molecule has 0 N–H and O–H groups in total. The van der Waals surface area contributed by atoms with Gasteiger partial charge in [0.1, 0.15) is 5.82 Å². The van der Waals surface area contributed by atoms with Crippen molar-refractivity contribution in [3.8, 4) is 28.0 Å². The summed E-state index contributed by atoms with van der Waals surface area (Å²) in [6, 6.07) is 15.1. The van der Waals surface area contributed by atoms with Gasteiger partial charge in [-0.25, -0.2) is 8.78 Å². The van der Waals surface area contributed by atoms with Gasteiger partial charge in [0.25, 0.3) is 0 Å². The molecule has 0 aromatic heterocycles. The van der Waals surface area contributed by atoms with E-state index in [1.165, 1.54) is 18.2 Å². The summed E-state index contributed by atoms with van der Waals surface area (Å²) in [7, 11) is 0. The molecule has 3 aromatic carbocycles. The number of aryl methyl sites for hydroxylation is 1. The lowest BCUT2D eigenvalue weighted by molar-refractivity contribution is 0.314. The number of ether oxygens (including phenoxy) is 1. The van der Waals surface area contributed by atoms with Gasteiger partial charge in [0.05, 0.1) is 6.61 Å². The molecule has 0 aliphatic rings. The Morgan fingerprint density at radius 1 is 0.741 bits per heavy atom. The third-order valence-electron chi connectivity index (χ3n) is 4.45. The zero-order chi connectivity index (χ0) is 19.4. The molecule has 0 saturated heterocycles. The molecule has 3 rings (SSSR count). The van der Waals surface area contributed by atoms with Crippen molar-refractivity contribution in [3.05, 3.63) is 77.6 Å². The maximum atomic E-state index is 14.4. The molecule has 140 valence electrons. The highest BCUT2D eigenvalue weighted by molar-refractivity contribution is 5.71. The van der Waals surface area contributed by atoms with Crippen LogP contribution in [0.1, 0.15) is 25.8 Å². The van der Waals surface area contributed by atoms with E-state index in [1.54, 1.807) is 37.3 Å². The summed E-state index contributed by atoms with van der Waals surface area (Å²) in [6.45, 7) is 3.98. The lowest BCUT2D eigenvalue weighted by Crippen LogP contribution is -1.98. The molecule has 0 aliphatic heterocycles. The molecule has 0 bridgehead atoms. The van der Waals surface area contributed by atoms with Crippen molar-refractivity contribution in [2.75, 3.05) is 6.61 Å². The van der Waals surface area contributed by atoms with E-state index in [1.807, 2.05) is 13.0 Å². The van der Waals surface area contributed by atoms with E-state index in [0.717, 1.165) is 17.5 Å². The van der Waals surface area contributed by atoms with Crippen molar-refractivity contribution in [2.45, 2.75) is 26.7 Å². The monoisotopic (exact) mass is 370 g/mol. The van der Waals surface area contributed by atoms with Gasteiger partial charge in [0.2, 0.25) is 5.82 Å². The highest BCUT2D eigenvalue weighted by Gasteiger charge is 2.15. The Hall–Kier alpha value is -2.75. The Labute approximate surface area is 157 Å². The Balaban J connectivity index is 1.90. The molecule has 3 aromatic rings. The smallest absolute Gasteiger partial charge is 0.201 e. The first-order valence-electron chi connectivity index (χ1n) is 9.05. The predicted octanol–water partition coefficient (Wildman–Crippen LogP) is 6.79. The second-order valence-corrected chi connectivity index (χ2v) is 6.31. The molecular formula is C23H21F3O. The lowest BCUT2D eigenvalue weighted by atomic mass is 9.98. The van der Waals surface area contributed by atoms with E-state index >= 15 is 0 Å². The minimum Gasteiger partial charge on any atom is -0.491 e. The summed E-state index contributed by atoms with van der Waals surface area (Å²) in [4.78, 5) is 0. The van der Waals surface area contributed by atoms with Crippen molar-refractivity contribution in [2.24, 2.45) is 0 Å². The van der Waals surface area contributed by atoms with Crippen LogP contribution in [-0.2, 0) is 6.42 Å². The summed E-state index contributed by atoms with van der Waals surface area (Å²) in [6.07, 6.45) is 1.59. The minimum atomic E-state index is -0.994. The maximum absolute atomic E-state index is 14.4. The Morgan fingerprint density at radius 3 is 2.04 bits per heavy atom. The molecule has 0 heterocycles. The zero-order valence-corrected chi connectivity index (χ0v) is 15.4. The molecule has 0 spiro atoms. The van der Waals surface area contributed by atoms with Crippen LogP contribution in [-0.4, -0.2) is 6.61 Å². The number of hydrogen-bond donors (Lipinski definition) is 0. The van der Waals surface area contributed by atoms with Crippen LogP contribution in [0, 0.1) is 17.5 Å². The van der Waals surface area contributed by atoms with E-state index in [0.29, 0.717) is 17.5 Å². The highest BCUT2D eigenvalue weighted by atomic mass is 19.2. The van der Waals surface area contributed by atoms with Crippen molar-refractivity contribution in [1.29, 1.82) is 0 Å². The SMILES string of the molecule is CCCc1ccc(-c2ccc(-c3ccc(OCC)c(F)c3F)cc2)cc1F. The first kappa shape index (κ1) is 19.0. The largest absolute Gasteiger partial charge is 0.491 e. The molecule has 0 aliphatic carbocycles. The molecular weight excluding hydrogens is 349 g/mol. The number of rotatable bonds is 6. The van der Waals surface area contributed by atoms with Crippen LogP contribution in [0.2, 0.25) is 0 Å². The van der Waals surface area contributed by atoms with Crippen molar-refractivity contribution >= 4 is 0 Å². The van der Waals surface area contributed by atoms with Gasteiger partial charge >= 0.3 is 0 Å². The summed E-state index contributed by atoms with van der Waals surface area (Å²) >= 11 is 0. The van der Waals surface area contributed by atoms with E-state index in [-0.39, 0.29) is 23.7 Å². The van der Waals surface area contributed by atoms with E-state index in [4.69, 9.17) is 4.74 Å². The fourth-order valence-electron chi connectivity index (χ4n) is 3.06. The third-order valence-corrected chi connectivity index (χ3v) is 4.45. The van der Waals surface area contributed by atoms with Gasteiger partial charge in [-0.15, -0.1) is 0 Å². The summed E-state index contributed by atoms with van der Waals surface area (Å²) in [5.41, 5.74) is 2.96. The van der Waals surface area contributed by atoms with Crippen LogP contribution in [0.3, 0.4) is 0 Å². The average Bonchev–Trinajstić information content (AvgIpc) is 2.68. The molecule has 4 heteroatoms. The average molecular weight is 370 g/mol. The zero-order valence-electron chi connectivity index (χ0n) is 15.4. The van der Waals surface area contributed by atoms with E-state index in [2.05, 4.69) is 0 Å². The molecule has 0 fully saturated rings. The molecule has 0 radical (unpaired) electrons. The Kier molecular flexibility index (Phi) is 5.84. The molecule has 0 unspecified atom stereocenters. The van der Waals surface area contributed by atoms with Crippen LogP contribution in [0.5, 0.6) is 5.75 Å². The van der Waals surface area contributed by atoms with Gasteiger partial charge in [-0.3, -0.25) is 0 Å². The second-order valence-electron chi connectivity index (χ2n) is 6.31. The van der Waals surface area contributed by atoms with Crippen molar-refractivity contribution in [3.63, 3.8) is 0 Å². The first-order chi connectivity index (χ1) is 13.0. The number of halogens is 3. The summed E-state index contributed by atoms with van der Waals surface area (Å²) < 4.78 is 47.7. The van der Waals surface area contributed by atoms with Crippen LogP contribution >= 0.6 is 0 Å². The van der Waals surface area contributed by atoms with Gasteiger partial charge in [0.15, 0.2) is 11.6 Å². The van der Waals surface area contributed by atoms with Crippen LogP contribution in [0.25, 0.3) is 22.3 Å². The van der Waals surface area contributed by atoms with E-state index < -0.39 is 11.6 Å².